The van der Waals surface area contributed by atoms with E-state index in [-0.39, 0.29) is 0 Å². The Morgan fingerprint density at radius 1 is 1.07 bits per heavy atom. The molecule has 0 aliphatic heterocycles. The molecule has 1 heteroatoms. The molecule has 14 heavy (non-hydrogen) atoms. The van der Waals surface area contributed by atoms with Crippen molar-refractivity contribution < 1.29 is 0 Å². The molecule has 0 saturated carbocycles. The third kappa shape index (κ3) is 4.48. The molecule has 0 aromatic heterocycles. The molecule has 0 heterocycles. The standard InChI is InChI=1S/C13H17Cl/c1-2-3-4-5-6-7-12-8-10-13(14)11-9-12/h4-5,8-11H,2-3,6-7H2,1H3/b5-4-. The van der Waals surface area contributed by atoms with Crippen molar-refractivity contribution in [1.29, 1.82) is 0 Å². The molecule has 1 aromatic rings. The molecular formula is C13H17Cl. The fourth-order valence-electron chi connectivity index (χ4n) is 1.30. The first-order chi connectivity index (χ1) is 6.83. The van der Waals surface area contributed by atoms with E-state index >= 15 is 0 Å². The molecule has 1 aromatic carbocycles. The monoisotopic (exact) mass is 208 g/mol. The Hall–Kier alpha value is -0.750. The predicted molar refractivity (Wildman–Crippen MR) is 63.8 cm³/mol. The molecular weight excluding hydrogens is 192 g/mol. The lowest BCUT2D eigenvalue weighted by Gasteiger charge is -1.97. The predicted octanol–water partition coefficient (Wildman–Crippen LogP) is 4.63. The van der Waals surface area contributed by atoms with E-state index in [4.69, 9.17) is 11.6 Å². The van der Waals surface area contributed by atoms with Crippen molar-refractivity contribution >= 4 is 11.6 Å². The van der Waals surface area contributed by atoms with Gasteiger partial charge in [-0.05, 0) is 37.0 Å². The van der Waals surface area contributed by atoms with Gasteiger partial charge < -0.3 is 0 Å². The maximum absolute atomic E-state index is 5.80. The van der Waals surface area contributed by atoms with Gasteiger partial charge >= 0.3 is 0 Å². The first-order valence-electron chi connectivity index (χ1n) is 5.22. The minimum atomic E-state index is 0.815. The summed E-state index contributed by atoms with van der Waals surface area (Å²) >= 11 is 5.80. The van der Waals surface area contributed by atoms with Crippen molar-refractivity contribution in [1.82, 2.24) is 0 Å². The SMILES string of the molecule is CCC/C=C\CCc1ccc(Cl)cc1. The summed E-state index contributed by atoms with van der Waals surface area (Å²) in [4.78, 5) is 0. The lowest BCUT2D eigenvalue weighted by atomic mass is 10.1. The van der Waals surface area contributed by atoms with Crippen LogP contribution in [0.2, 0.25) is 5.02 Å². The molecule has 0 nitrogen and oxygen atoms in total. The van der Waals surface area contributed by atoms with Gasteiger partial charge in [-0.1, -0.05) is 49.2 Å². The van der Waals surface area contributed by atoms with Gasteiger partial charge in [-0.15, -0.1) is 0 Å². The van der Waals surface area contributed by atoms with Crippen LogP contribution >= 0.6 is 11.6 Å². The van der Waals surface area contributed by atoms with Gasteiger partial charge in [0.05, 0.1) is 0 Å². The summed E-state index contributed by atoms with van der Waals surface area (Å²) in [6, 6.07) is 8.09. The van der Waals surface area contributed by atoms with Crippen LogP contribution in [0.5, 0.6) is 0 Å². The molecule has 0 bridgehead atoms. The van der Waals surface area contributed by atoms with Crippen LogP contribution in [0.3, 0.4) is 0 Å². The van der Waals surface area contributed by atoms with Gasteiger partial charge in [0.25, 0.3) is 0 Å². The average molecular weight is 209 g/mol. The van der Waals surface area contributed by atoms with E-state index in [9.17, 15) is 0 Å². The van der Waals surface area contributed by atoms with Crippen LogP contribution in [0.1, 0.15) is 31.7 Å². The zero-order valence-electron chi connectivity index (χ0n) is 8.67. The van der Waals surface area contributed by atoms with E-state index in [0.717, 1.165) is 17.9 Å². The molecule has 0 saturated heterocycles. The summed E-state index contributed by atoms with van der Waals surface area (Å²) in [5.74, 6) is 0. The highest BCUT2D eigenvalue weighted by atomic mass is 35.5. The first kappa shape index (κ1) is 11.3. The second kappa shape index (κ2) is 6.67. The maximum atomic E-state index is 5.80. The number of allylic oxidation sites excluding steroid dienone is 2. The fraction of sp³-hybridized carbons (Fsp3) is 0.385. The normalized spacial score (nSPS) is 11.0. The maximum Gasteiger partial charge on any atom is 0.0406 e. The largest absolute Gasteiger partial charge is 0.0885 e. The topological polar surface area (TPSA) is 0 Å². The van der Waals surface area contributed by atoms with Crippen LogP contribution in [0.15, 0.2) is 36.4 Å². The zero-order chi connectivity index (χ0) is 10.2. The van der Waals surface area contributed by atoms with E-state index in [0.29, 0.717) is 0 Å². The molecule has 0 N–H and O–H groups in total. The number of aryl methyl sites for hydroxylation is 1. The molecule has 0 spiro atoms. The first-order valence-corrected chi connectivity index (χ1v) is 5.60. The Kier molecular flexibility index (Phi) is 5.39. The second-order valence-electron chi connectivity index (χ2n) is 3.43. The second-order valence-corrected chi connectivity index (χ2v) is 3.86. The van der Waals surface area contributed by atoms with E-state index in [1.54, 1.807) is 0 Å². The Bertz CT molecular complexity index is 272. The summed E-state index contributed by atoms with van der Waals surface area (Å²) < 4.78 is 0. The van der Waals surface area contributed by atoms with E-state index < -0.39 is 0 Å². The number of hydrogen-bond acceptors (Lipinski definition) is 0. The summed E-state index contributed by atoms with van der Waals surface area (Å²) in [6.45, 7) is 2.20. The average Bonchev–Trinajstić information content (AvgIpc) is 2.21. The fourth-order valence-corrected chi connectivity index (χ4v) is 1.43. The molecule has 0 atom stereocenters. The van der Waals surface area contributed by atoms with Crippen LogP contribution in [0.4, 0.5) is 0 Å². The third-order valence-corrected chi connectivity index (χ3v) is 2.39. The van der Waals surface area contributed by atoms with Crippen LogP contribution in [-0.4, -0.2) is 0 Å². The van der Waals surface area contributed by atoms with Crippen molar-refractivity contribution in [2.24, 2.45) is 0 Å². The molecule has 0 unspecified atom stereocenters. The number of unbranched alkanes of at least 4 members (excludes halogenated alkanes) is 1. The van der Waals surface area contributed by atoms with Gasteiger partial charge in [-0.25, -0.2) is 0 Å². The van der Waals surface area contributed by atoms with Gasteiger partial charge in [-0.3, -0.25) is 0 Å². The Labute approximate surface area is 91.6 Å². The lowest BCUT2D eigenvalue weighted by molar-refractivity contribution is 0.936. The Morgan fingerprint density at radius 3 is 2.36 bits per heavy atom. The summed E-state index contributed by atoms with van der Waals surface area (Å²) in [5, 5.41) is 0.815. The van der Waals surface area contributed by atoms with Crippen molar-refractivity contribution in [2.75, 3.05) is 0 Å². The molecule has 0 amide bonds. The van der Waals surface area contributed by atoms with Gasteiger partial charge in [0.2, 0.25) is 0 Å². The minimum Gasteiger partial charge on any atom is -0.0885 e. The minimum absolute atomic E-state index is 0.815. The van der Waals surface area contributed by atoms with Crippen molar-refractivity contribution in [3.8, 4) is 0 Å². The highest BCUT2D eigenvalue weighted by molar-refractivity contribution is 6.30. The van der Waals surface area contributed by atoms with E-state index in [1.807, 2.05) is 12.1 Å². The Morgan fingerprint density at radius 2 is 1.71 bits per heavy atom. The van der Waals surface area contributed by atoms with Gasteiger partial charge in [0.1, 0.15) is 0 Å². The van der Waals surface area contributed by atoms with Gasteiger partial charge in [-0.2, -0.15) is 0 Å². The van der Waals surface area contributed by atoms with Crippen molar-refractivity contribution in [3.05, 3.63) is 47.0 Å². The van der Waals surface area contributed by atoms with Crippen LogP contribution < -0.4 is 0 Å². The zero-order valence-corrected chi connectivity index (χ0v) is 9.43. The molecule has 0 aliphatic rings. The van der Waals surface area contributed by atoms with E-state index in [2.05, 4.69) is 31.2 Å². The Balaban J connectivity index is 2.28. The van der Waals surface area contributed by atoms with Crippen LogP contribution in [-0.2, 0) is 6.42 Å². The third-order valence-electron chi connectivity index (χ3n) is 2.13. The molecule has 0 fully saturated rings. The molecule has 0 aliphatic carbocycles. The van der Waals surface area contributed by atoms with Gasteiger partial charge in [0.15, 0.2) is 0 Å². The number of hydrogen-bond donors (Lipinski definition) is 0. The van der Waals surface area contributed by atoms with Crippen molar-refractivity contribution in [3.63, 3.8) is 0 Å². The number of halogens is 1. The summed E-state index contributed by atoms with van der Waals surface area (Å²) in [6.07, 6.45) is 9.19. The summed E-state index contributed by atoms with van der Waals surface area (Å²) in [5.41, 5.74) is 1.36. The van der Waals surface area contributed by atoms with E-state index in [1.165, 1.54) is 18.4 Å². The molecule has 76 valence electrons. The quantitative estimate of drug-likeness (QED) is 0.619. The highest BCUT2D eigenvalue weighted by Gasteiger charge is 1.90. The molecule has 0 radical (unpaired) electrons. The smallest absolute Gasteiger partial charge is 0.0406 e. The summed E-state index contributed by atoms with van der Waals surface area (Å²) in [7, 11) is 0. The highest BCUT2D eigenvalue weighted by Crippen LogP contribution is 2.11. The van der Waals surface area contributed by atoms with Crippen LogP contribution in [0.25, 0.3) is 0 Å². The number of benzene rings is 1. The van der Waals surface area contributed by atoms with Gasteiger partial charge in [0, 0.05) is 5.02 Å². The lowest BCUT2D eigenvalue weighted by Crippen LogP contribution is -1.81. The molecule has 1 rings (SSSR count). The van der Waals surface area contributed by atoms with Crippen LogP contribution in [0, 0.1) is 0 Å². The van der Waals surface area contributed by atoms with Crippen molar-refractivity contribution in [2.45, 2.75) is 32.6 Å². The number of rotatable bonds is 5.